The van der Waals surface area contributed by atoms with Crippen molar-refractivity contribution in [2.24, 2.45) is 29.1 Å². The van der Waals surface area contributed by atoms with Gasteiger partial charge < -0.3 is 10.0 Å². The lowest BCUT2D eigenvalue weighted by atomic mass is 9.49. The van der Waals surface area contributed by atoms with Crippen LogP contribution >= 0.6 is 0 Å². The molecule has 0 heterocycles. The zero-order chi connectivity index (χ0) is 22.7. The normalized spacial score (nSPS) is 43.8. The highest BCUT2D eigenvalue weighted by Crippen LogP contribution is 2.66. The van der Waals surface area contributed by atoms with E-state index in [0.717, 1.165) is 38.5 Å². The molecule has 5 rings (SSSR count). The number of carbonyl (C=O) groups is 1. The van der Waals surface area contributed by atoms with Crippen molar-refractivity contribution in [3.8, 4) is 11.8 Å². The Kier molecular flexibility index (Phi) is 5.70. The smallest absolute Gasteiger partial charge is 0.156 e. The Morgan fingerprint density at radius 2 is 1.78 bits per heavy atom. The highest BCUT2D eigenvalue weighted by atomic mass is 16.3. The van der Waals surface area contributed by atoms with Gasteiger partial charge in [-0.2, -0.15) is 0 Å². The molecule has 0 saturated heterocycles. The lowest BCUT2D eigenvalue weighted by Crippen LogP contribution is -2.53. The van der Waals surface area contributed by atoms with Crippen molar-refractivity contribution in [2.45, 2.75) is 96.1 Å². The van der Waals surface area contributed by atoms with E-state index >= 15 is 0 Å². The van der Waals surface area contributed by atoms with Crippen LogP contribution in [0.1, 0.15) is 84.5 Å². The van der Waals surface area contributed by atoms with Crippen molar-refractivity contribution in [1.82, 2.24) is 4.90 Å². The lowest BCUT2D eigenvalue weighted by Gasteiger charge is -2.55. The maximum atomic E-state index is 12.2. The van der Waals surface area contributed by atoms with E-state index < -0.39 is 5.60 Å². The maximum Gasteiger partial charge on any atom is 0.156 e. The second-order valence-electron chi connectivity index (χ2n) is 11.9. The molecule has 5 atom stereocenters. The summed E-state index contributed by atoms with van der Waals surface area (Å²) in [6, 6.07) is 0.704. The van der Waals surface area contributed by atoms with E-state index in [2.05, 4.69) is 37.8 Å². The molecule has 5 aliphatic rings. The summed E-state index contributed by atoms with van der Waals surface area (Å²) in [4.78, 5) is 14.6. The number of allylic oxidation sites excluding steroid dienone is 4. The first-order valence-corrected chi connectivity index (χ1v) is 13.1. The SMILES string of the molecule is CC#C[C@]1(O)CCC2C3CCC4=CC(=O)CCC4=C3C(C3CCC(N(C)C)CC3)C[C@@]21C. The molecule has 0 bridgehead atoms. The van der Waals surface area contributed by atoms with Crippen LogP contribution in [0.25, 0.3) is 0 Å². The van der Waals surface area contributed by atoms with Crippen LogP contribution in [0.4, 0.5) is 0 Å². The van der Waals surface area contributed by atoms with Gasteiger partial charge in [0, 0.05) is 17.9 Å². The Hall–Kier alpha value is -1.37. The van der Waals surface area contributed by atoms with E-state index in [1.54, 1.807) is 11.1 Å². The second-order valence-corrected chi connectivity index (χ2v) is 11.9. The molecule has 32 heavy (non-hydrogen) atoms. The molecule has 3 unspecified atom stereocenters. The molecular formula is C29H41NO2. The average molecular weight is 436 g/mol. The largest absolute Gasteiger partial charge is 0.377 e. The quantitative estimate of drug-likeness (QED) is 0.599. The van der Waals surface area contributed by atoms with E-state index in [4.69, 9.17) is 0 Å². The summed E-state index contributed by atoms with van der Waals surface area (Å²) < 4.78 is 0. The summed E-state index contributed by atoms with van der Waals surface area (Å²) in [5, 5.41) is 11.8. The minimum atomic E-state index is -0.847. The third kappa shape index (κ3) is 3.36. The fraction of sp³-hybridized carbons (Fsp3) is 0.759. The van der Waals surface area contributed by atoms with Crippen LogP contribution in [-0.2, 0) is 4.79 Å². The number of nitrogens with zero attached hydrogens (tertiary/aromatic N) is 1. The zero-order valence-corrected chi connectivity index (χ0v) is 20.5. The Labute approximate surface area is 194 Å². The lowest BCUT2D eigenvalue weighted by molar-refractivity contribution is -0.114. The Balaban J connectivity index is 1.57. The number of ketones is 1. The summed E-state index contributed by atoms with van der Waals surface area (Å²) in [5.74, 6) is 9.02. The van der Waals surface area contributed by atoms with E-state index in [1.165, 1.54) is 31.3 Å². The van der Waals surface area contributed by atoms with Crippen LogP contribution in [0, 0.1) is 40.9 Å². The van der Waals surface area contributed by atoms with Crippen molar-refractivity contribution in [2.75, 3.05) is 14.1 Å². The number of carbonyl (C=O) groups excluding carboxylic acids is 1. The first kappa shape index (κ1) is 22.4. The third-order valence-corrected chi connectivity index (χ3v) is 10.3. The minimum absolute atomic E-state index is 0.125. The van der Waals surface area contributed by atoms with Gasteiger partial charge in [0.05, 0.1) is 0 Å². The topological polar surface area (TPSA) is 40.5 Å². The summed E-state index contributed by atoms with van der Waals surface area (Å²) in [5.41, 5.74) is 3.66. The minimum Gasteiger partial charge on any atom is -0.377 e. The molecule has 0 aliphatic heterocycles. The number of hydrogen-bond acceptors (Lipinski definition) is 3. The molecule has 0 aromatic heterocycles. The van der Waals surface area contributed by atoms with E-state index in [9.17, 15) is 9.90 Å². The van der Waals surface area contributed by atoms with Gasteiger partial charge in [-0.25, -0.2) is 0 Å². The predicted octanol–water partition coefficient (Wildman–Crippen LogP) is 5.29. The predicted molar refractivity (Wildman–Crippen MR) is 129 cm³/mol. The number of aliphatic hydroxyl groups is 1. The van der Waals surface area contributed by atoms with Crippen molar-refractivity contribution in [3.05, 3.63) is 22.8 Å². The van der Waals surface area contributed by atoms with Crippen molar-refractivity contribution in [1.29, 1.82) is 0 Å². The maximum absolute atomic E-state index is 12.2. The molecule has 0 spiro atoms. The van der Waals surface area contributed by atoms with Crippen molar-refractivity contribution < 1.29 is 9.90 Å². The molecule has 0 aromatic rings. The van der Waals surface area contributed by atoms with Gasteiger partial charge in [0.1, 0.15) is 5.60 Å². The van der Waals surface area contributed by atoms with Crippen LogP contribution in [-0.4, -0.2) is 41.5 Å². The molecular weight excluding hydrogens is 394 g/mol. The van der Waals surface area contributed by atoms with Crippen LogP contribution in [0.3, 0.4) is 0 Å². The summed E-state index contributed by atoms with van der Waals surface area (Å²) in [6.07, 6.45) is 13.9. The van der Waals surface area contributed by atoms with Crippen LogP contribution in [0.2, 0.25) is 0 Å². The average Bonchev–Trinajstić information content (AvgIpc) is 3.03. The Bertz CT molecular complexity index is 909. The molecule has 3 saturated carbocycles. The first-order chi connectivity index (χ1) is 15.3. The molecule has 3 heteroatoms. The van der Waals surface area contributed by atoms with Gasteiger partial charge in [-0.15, -0.1) is 5.92 Å². The van der Waals surface area contributed by atoms with Gasteiger partial charge in [-0.05, 0) is 126 Å². The van der Waals surface area contributed by atoms with Crippen LogP contribution < -0.4 is 0 Å². The van der Waals surface area contributed by atoms with E-state index in [1.807, 2.05) is 13.0 Å². The fourth-order valence-corrected chi connectivity index (χ4v) is 8.58. The van der Waals surface area contributed by atoms with Gasteiger partial charge in [0.2, 0.25) is 0 Å². The second kappa shape index (κ2) is 8.14. The van der Waals surface area contributed by atoms with Crippen LogP contribution in [0.15, 0.2) is 22.8 Å². The molecule has 0 amide bonds. The van der Waals surface area contributed by atoms with Crippen molar-refractivity contribution >= 4 is 5.78 Å². The third-order valence-electron chi connectivity index (χ3n) is 10.3. The summed E-state index contributed by atoms with van der Waals surface area (Å²) >= 11 is 0. The molecule has 0 radical (unpaired) electrons. The molecule has 1 N–H and O–H groups in total. The van der Waals surface area contributed by atoms with Crippen LogP contribution in [0.5, 0.6) is 0 Å². The van der Waals surface area contributed by atoms with Gasteiger partial charge in [-0.3, -0.25) is 4.79 Å². The van der Waals surface area contributed by atoms with E-state index in [-0.39, 0.29) is 5.41 Å². The van der Waals surface area contributed by atoms with Gasteiger partial charge in [0.15, 0.2) is 5.78 Å². The van der Waals surface area contributed by atoms with Gasteiger partial charge >= 0.3 is 0 Å². The number of hydrogen-bond donors (Lipinski definition) is 1. The summed E-state index contributed by atoms with van der Waals surface area (Å²) in [7, 11) is 4.44. The number of fused-ring (bicyclic) bond motifs is 4. The first-order valence-electron chi connectivity index (χ1n) is 13.1. The van der Waals surface area contributed by atoms with Gasteiger partial charge in [0.25, 0.3) is 0 Å². The Morgan fingerprint density at radius 1 is 1.03 bits per heavy atom. The standard InChI is InChI=1S/C29H41NO2/c1-5-15-29(32)16-14-26-24-12-8-20-17-22(31)11-13-23(20)27(24)25(18-28(26,29)2)19-6-9-21(10-7-19)30(3)4/h17,19,21,24-26,32H,6-14,16,18H2,1-4H3/t19?,21?,24?,25?,26?,28-,29-/m0/s1. The highest BCUT2D eigenvalue weighted by Gasteiger charge is 2.63. The molecule has 0 aromatic carbocycles. The molecule has 5 aliphatic carbocycles. The fourth-order valence-electron chi connectivity index (χ4n) is 8.58. The summed E-state index contributed by atoms with van der Waals surface area (Å²) in [6.45, 7) is 4.24. The number of rotatable bonds is 2. The van der Waals surface area contributed by atoms with E-state index in [0.29, 0.717) is 41.9 Å². The Morgan fingerprint density at radius 3 is 2.47 bits per heavy atom. The molecule has 3 nitrogen and oxygen atoms in total. The van der Waals surface area contributed by atoms with Crippen molar-refractivity contribution in [3.63, 3.8) is 0 Å². The zero-order valence-electron chi connectivity index (χ0n) is 20.5. The molecule has 3 fully saturated rings. The van der Waals surface area contributed by atoms with Gasteiger partial charge in [-0.1, -0.05) is 18.4 Å². The monoisotopic (exact) mass is 435 g/mol. The molecule has 174 valence electrons. The highest BCUT2D eigenvalue weighted by molar-refractivity contribution is 5.93.